The molecule has 0 saturated heterocycles. The van der Waals surface area contributed by atoms with Gasteiger partial charge in [-0.05, 0) is 12.1 Å². The first-order chi connectivity index (χ1) is 8.88. The lowest BCUT2D eigenvalue weighted by Gasteiger charge is -2.20. The number of hydrogen-bond donors (Lipinski definition) is 4. The standard InChI is InChI=1S/C6H13N3O3.C6H6O/c1-2-9(12)4(6(8)11)3-5(7)10;7-6-4-2-1-3-5-6/h4,12H,2-3H2,1H3,(H2,7,10)(H2,8,11);1-5,7H. The first kappa shape index (κ1) is 16.9. The Morgan fingerprint density at radius 1 is 1.26 bits per heavy atom. The number of benzene rings is 1. The van der Waals surface area contributed by atoms with E-state index >= 15 is 0 Å². The SMILES string of the molecule is CCN(O)C(CC(N)=O)C(N)=O.Oc1ccccc1. The predicted molar refractivity (Wildman–Crippen MR) is 69.1 cm³/mol. The molecule has 0 bridgehead atoms. The molecule has 0 saturated carbocycles. The minimum Gasteiger partial charge on any atom is -0.508 e. The van der Waals surface area contributed by atoms with Crippen molar-refractivity contribution in [2.75, 3.05) is 6.54 Å². The molecule has 2 amide bonds. The summed E-state index contributed by atoms with van der Waals surface area (Å²) < 4.78 is 0. The van der Waals surface area contributed by atoms with E-state index in [1.165, 1.54) is 0 Å². The zero-order valence-corrected chi connectivity index (χ0v) is 10.7. The fourth-order valence-corrected chi connectivity index (χ4v) is 1.19. The van der Waals surface area contributed by atoms with Crippen LogP contribution in [0.15, 0.2) is 30.3 Å². The van der Waals surface area contributed by atoms with Gasteiger partial charge in [0.1, 0.15) is 11.8 Å². The minimum absolute atomic E-state index is 0.209. The molecule has 0 aliphatic heterocycles. The number of para-hydroxylation sites is 1. The summed E-state index contributed by atoms with van der Waals surface area (Å²) in [6.07, 6.45) is -0.264. The molecule has 6 N–H and O–H groups in total. The molecular formula is C12H19N3O4. The van der Waals surface area contributed by atoms with Gasteiger partial charge < -0.3 is 21.8 Å². The number of amides is 2. The molecule has 106 valence electrons. The van der Waals surface area contributed by atoms with Gasteiger partial charge in [-0.1, -0.05) is 25.1 Å². The van der Waals surface area contributed by atoms with Gasteiger partial charge in [0.25, 0.3) is 0 Å². The van der Waals surface area contributed by atoms with E-state index in [9.17, 15) is 9.59 Å². The summed E-state index contributed by atoms with van der Waals surface area (Å²) in [6.45, 7) is 1.83. The molecule has 7 nitrogen and oxygen atoms in total. The number of aromatic hydroxyl groups is 1. The van der Waals surface area contributed by atoms with Crippen LogP contribution in [0.3, 0.4) is 0 Å². The third kappa shape index (κ3) is 7.74. The second-order valence-corrected chi connectivity index (χ2v) is 3.68. The summed E-state index contributed by atoms with van der Waals surface area (Å²) in [6, 6.07) is 7.69. The molecule has 0 aliphatic rings. The Hall–Kier alpha value is -2.12. The van der Waals surface area contributed by atoms with Crippen molar-refractivity contribution in [3.8, 4) is 5.75 Å². The summed E-state index contributed by atoms with van der Waals surface area (Å²) in [7, 11) is 0. The average molecular weight is 269 g/mol. The van der Waals surface area contributed by atoms with Crippen molar-refractivity contribution in [3.05, 3.63) is 30.3 Å². The van der Waals surface area contributed by atoms with Gasteiger partial charge in [0.15, 0.2) is 0 Å². The summed E-state index contributed by atoms with van der Waals surface area (Å²) in [5.74, 6) is -1.12. The van der Waals surface area contributed by atoms with E-state index in [0.717, 1.165) is 0 Å². The first-order valence-electron chi connectivity index (χ1n) is 5.65. The van der Waals surface area contributed by atoms with Gasteiger partial charge in [0, 0.05) is 6.54 Å². The molecule has 0 radical (unpaired) electrons. The van der Waals surface area contributed by atoms with Gasteiger partial charge in [-0.15, -0.1) is 0 Å². The Morgan fingerprint density at radius 3 is 2.05 bits per heavy atom. The number of phenols is 1. The van der Waals surface area contributed by atoms with Crippen LogP contribution in [0.1, 0.15) is 13.3 Å². The van der Waals surface area contributed by atoms with Crippen LogP contribution in [0.5, 0.6) is 5.75 Å². The number of nitrogens with two attached hydrogens (primary N) is 2. The van der Waals surface area contributed by atoms with Crippen molar-refractivity contribution in [2.24, 2.45) is 11.5 Å². The van der Waals surface area contributed by atoms with Crippen LogP contribution < -0.4 is 11.5 Å². The second-order valence-electron chi connectivity index (χ2n) is 3.68. The third-order valence-corrected chi connectivity index (χ3v) is 2.16. The maximum Gasteiger partial charge on any atom is 0.237 e. The van der Waals surface area contributed by atoms with E-state index in [1.54, 1.807) is 31.2 Å². The van der Waals surface area contributed by atoms with Crippen molar-refractivity contribution >= 4 is 11.8 Å². The highest BCUT2D eigenvalue weighted by molar-refractivity contribution is 5.86. The third-order valence-electron chi connectivity index (χ3n) is 2.16. The molecule has 7 heteroatoms. The van der Waals surface area contributed by atoms with Crippen LogP contribution in [0, 0.1) is 0 Å². The maximum absolute atomic E-state index is 10.6. The van der Waals surface area contributed by atoms with Gasteiger partial charge in [-0.2, -0.15) is 5.06 Å². The highest BCUT2D eigenvalue weighted by atomic mass is 16.5. The highest BCUT2D eigenvalue weighted by Crippen LogP contribution is 2.02. The Kier molecular flexibility index (Phi) is 7.90. The van der Waals surface area contributed by atoms with Gasteiger partial charge >= 0.3 is 0 Å². The Labute approximate surface area is 111 Å². The number of primary amides is 2. The van der Waals surface area contributed by atoms with Gasteiger partial charge in [0.2, 0.25) is 11.8 Å². The molecular weight excluding hydrogens is 250 g/mol. The van der Waals surface area contributed by atoms with E-state index < -0.39 is 17.9 Å². The Morgan fingerprint density at radius 2 is 1.79 bits per heavy atom. The summed E-state index contributed by atoms with van der Waals surface area (Å²) in [4.78, 5) is 21.1. The molecule has 1 aromatic rings. The van der Waals surface area contributed by atoms with E-state index in [1.807, 2.05) is 6.07 Å². The molecule has 1 rings (SSSR count). The number of rotatable bonds is 5. The molecule has 0 fully saturated rings. The Balaban J connectivity index is 0.000000388. The van der Waals surface area contributed by atoms with Gasteiger partial charge in [-0.25, -0.2) is 0 Å². The summed E-state index contributed by atoms with van der Waals surface area (Å²) >= 11 is 0. The topological polar surface area (TPSA) is 130 Å². The fraction of sp³-hybridized carbons (Fsp3) is 0.333. The van der Waals surface area contributed by atoms with Crippen LogP contribution in [-0.4, -0.2) is 39.8 Å². The van der Waals surface area contributed by atoms with E-state index in [4.69, 9.17) is 21.8 Å². The first-order valence-corrected chi connectivity index (χ1v) is 5.65. The van der Waals surface area contributed by atoms with Crippen LogP contribution in [0.25, 0.3) is 0 Å². The number of nitrogens with zero attached hydrogens (tertiary/aromatic N) is 1. The normalized spacial score (nSPS) is 11.3. The lowest BCUT2D eigenvalue weighted by Crippen LogP contribution is -2.45. The lowest BCUT2D eigenvalue weighted by atomic mass is 10.2. The molecule has 0 aliphatic carbocycles. The number of hydroxylamine groups is 2. The predicted octanol–water partition coefficient (Wildman–Crippen LogP) is -0.181. The second kappa shape index (κ2) is 8.90. The van der Waals surface area contributed by atoms with Crippen molar-refractivity contribution in [1.29, 1.82) is 0 Å². The quantitative estimate of drug-likeness (QED) is 0.551. The molecule has 1 aromatic carbocycles. The maximum atomic E-state index is 10.6. The number of phenolic OH excluding ortho intramolecular Hbond substituents is 1. The molecule has 1 atom stereocenters. The highest BCUT2D eigenvalue weighted by Gasteiger charge is 2.23. The van der Waals surface area contributed by atoms with Crippen molar-refractivity contribution in [2.45, 2.75) is 19.4 Å². The zero-order valence-electron chi connectivity index (χ0n) is 10.7. The Bertz CT molecular complexity index is 397. The van der Waals surface area contributed by atoms with E-state index in [2.05, 4.69) is 0 Å². The minimum atomic E-state index is -1.02. The molecule has 0 aromatic heterocycles. The number of hydrogen-bond acceptors (Lipinski definition) is 5. The van der Waals surface area contributed by atoms with Crippen molar-refractivity contribution in [3.63, 3.8) is 0 Å². The van der Waals surface area contributed by atoms with Gasteiger partial charge in [-0.3, -0.25) is 9.59 Å². The molecule has 0 spiro atoms. The smallest absolute Gasteiger partial charge is 0.237 e. The number of carbonyl (C=O) groups excluding carboxylic acids is 2. The molecule has 1 unspecified atom stereocenters. The summed E-state index contributed by atoms with van der Waals surface area (Å²) in [5, 5.41) is 18.4. The van der Waals surface area contributed by atoms with Crippen LogP contribution in [-0.2, 0) is 9.59 Å². The fourth-order valence-electron chi connectivity index (χ4n) is 1.19. The number of likely N-dealkylation sites (N-methyl/N-ethyl adjacent to an activating group) is 1. The summed E-state index contributed by atoms with van der Waals surface area (Å²) in [5.41, 5.74) is 9.75. The molecule has 19 heavy (non-hydrogen) atoms. The van der Waals surface area contributed by atoms with Crippen LogP contribution in [0.4, 0.5) is 0 Å². The molecule has 0 heterocycles. The van der Waals surface area contributed by atoms with Crippen LogP contribution in [0.2, 0.25) is 0 Å². The average Bonchev–Trinajstić information content (AvgIpc) is 2.36. The largest absolute Gasteiger partial charge is 0.508 e. The van der Waals surface area contributed by atoms with Crippen molar-refractivity contribution < 1.29 is 19.9 Å². The number of carbonyl (C=O) groups is 2. The van der Waals surface area contributed by atoms with E-state index in [0.29, 0.717) is 10.8 Å². The lowest BCUT2D eigenvalue weighted by molar-refractivity contribution is -0.155. The van der Waals surface area contributed by atoms with Crippen molar-refractivity contribution in [1.82, 2.24) is 5.06 Å². The zero-order chi connectivity index (χ0) is 14.8. The van der Waals surface area contributed by atoms with Gasteiger partial charge in [0.05, 0.1) is 6.42 Å². The monoisotopic (exact) mass is 269 g/mol. The van der Waals surface area contributed by atoms with E-state index in [-0.39, 0.29) is 13.0 Å². The van der Waals surface area contributed by atoms with Crippen LogP contribution >= 0.6 is 0 Å².